The van der Waals surface area contributed by atoms with Crippen molar-refractivity contribution in [1.82, 2.24) is 10.2 Å². The molecule has 0 spiro atoms. The van der Waals surface area contributed by atoms with Gasteiger partial charge in [-0.15, -0.1) is 11.6 Å². The van der Waals surface area contributed by atoms with E-state index >= 15 is 0 Å². The van der Waals surface area contributed by atoms with Crippen LogP contribution >= 0.6 is 11.6 Å². The number of halogens is 1. The summed E-state index contributed by atoms with van der Waals surface area (Å²) in [5.41, 5.74) is 1.94. The van der Waals surface area contributed by atoms with Crippen LogP contribution in [0.15, 0.2) is 12.1 Å². The summed E-state index contributed by atoms with van der Waals surface area (Å²) in [6.07, 6.45) is 8.96. The van der Waals surface area contributed by atoms with Gasteiger partial charge in [-0.25, -0.2) is 0 Å². The predicted octanol–water partition coefficient (Wildman–Crippen LogP) is 4.12. The van der Waals surface area contributed by atoms with Gasteiger partial charge in [-0.2, -0.15) is 10.2 Å². The molecule has 1 rings (SSSR count). The van der Waals surface area contributed by atoms with Crippen molar-refractivity contribution in [1.29, 1.82) is 0 Å². The van der Waals surface area contributed by atoms with Crippen LogP contribution in [0.3, 0.4) is 0 Å². The Balaban J connectivity index is 2.12. The molecule has 1 heterocycles. The molecule has 0 fully saturated rings. The van der Waals surface area contributed by atoms with Gasteiger partial charge in [0.05, 0.1) is 17.3 Å². The van der Waals surface area contributed by atoms with Crippen LogP contribution in [0.1, 0.15) is 56.8 Å². The number of rotatable bonds is 8. The molecular formula is C13H21ClN2. The van der Waals surface area contributed by atoms with Crippen molar-refractivity contribution in [3.63, 3.8) is 0 Å². The molecule has 0 aromatic carbocycles. The molecule has 2 nitrogen and oxygen atoms in total. The van der Waals surface area contributed by atoms with Crippen LogP contribution in [0.2, 0.25) is 0 Å². The monoisotopic (exact) mass is 240 g/mol. The van der Waals surface area contributed by atoms with Crippen molar-refractivity contribution < 1.29 is 0 Å². The van der Waals surface area contributed by atoms with Gasteiger partial charge in [0, 0.05) is 0 Å². The topological polar surface area (TPSA) is 25.8 Å². The first kappa shape index (κ1) is 13.4. The highest BCUT2D eigenvalue weighted by atomic mass is 35.5. The number of aryl methyl sites for hydroxylation is 1. The van der Waals surface area contributed by atoms with E-state index in [0.717, 1.165) is 17.8 Å². The third-order valence-electron chi connectivity index (χ3n) is 2.70. The van der Waals surface area contributed by atoms with Crippen LogP contribution in [-0.4, -0.2) is 10.2 Å². The highest BCUT2D eigenvalue weighted by molar-refractivity contribution is 6.16. The zero-order valence-electron chi connectivity index (χ0n) is 10.1. The Kier molecular flexibility index (Phi) is 7.15. The zero-order valence-corrected chi connectivity index (χ0v) is 10.8. The molecule has 0 amide bonds. The molecular weight excluding hydrogens is 220 g/mol. The molecule has 0 atom stereocenters. The molecule has 90 valence electrons. The maximum atomic E-state index is 5.65. The Labute approximate surface area is 103 Å². The summed E-state index contributed by atoms with van der Waals surface area (Å²) in [4.78, 5) is 0. The van der Waals surface area contributed by atoms with Crippen LogP contribution in [-0.2, 0) is 12.3 Å². The number of hydrogen-bond donors (Lipinski definition) is 0. The van der Waals surface area contributed by atoms with Gasteiger partial charge in [0.25, 0.3) is 0 Å². The molecule has 0 saturated carbocycles. The standard InChI is InChI=1S/C13H21ClN2/c1-2-3-4-5-6-7-8-12-9-10-13(11-14)16-15-12/h9-10H,2-8,11H2,1H3. The molecule has 0 bridgehead atoms. The smallest absolute Gasteiger partial charge is 0.0778 e. The summed E-state index contributed by atoms with van der Waals surface area (Å²) in [5.74, 6) is 0.449. The summed E-state index contributed by atoms with van der Waals surface area (Å²) < 4.78 is 0. The minimum absolute atomic E-state index is 0.449. The molecule has 1 aromatic heterocycles. The average Bonchev–Trinajstić information content (AvgIpc) is 2.34. The van der Waals surface area contributed by atoms with Crippen LogP contribution in [0.4, 0.5) is 0 Å². The summed E-state index contributed by atoms with van der Waals surface area (Å²) in [5, 5.41) is 8.19. The molecule has 0 N–H and O–H groups in total. The second-order valence-electron chi connectivity index (χ2n) is 4.17. The predicted molar refractivity (Wildman–Crippen MR) is 68.7 cm³/mol. The second-order valence-corrected chi connectivity index (χ2v) is 4.43. The molecule has 0 unspecified atom stereocenters. The highest BCUT2D eigenvalue weighted by Crippen LogP contribution is 2.08. The third kappa shape index (κ3) is 5.45. The van der Waals surface area contributed by atoms with Crippen molar-refractivity contribution in [2.75, 3.05) is 0 Å². The Morgan fingerprint density at radius 3 is 2.19 bits per heavy atom. The van der Waals surface area contributed by atoms with E-state index in [1.807, 2.05) is 12.1 Å². The Morgan fingerprint density at radius 1 is 0.938 bits per heavy atom. The first-order chi connectivity index (χ1) is 7.86. The van der Waals surface area contributed by atoms with Crippen molar-refractivity contribution in [3.8, 4) is 0 Å². The maximum Gasteiger partial charge on any atom is 0.0778 e. The zero-order chi connectivity index (χ0) is 11.6. The largest absolute Gasteiger partial charge is 0.155 e. The maximum absolute atomic E-state index is 5.65. The first-order valence-corrected chi connectivity index (χ1v) is 6.77. The van der Waals surface area contributed by atoms with Gasteiger partial charge in [-0.3, -0.25) is 0 Å². The lowest BCUT2D eigenvalue weighted by Gasteiger charge is -2.01. The lowest BCUT2D eigenvalue weighted by Crippen LogP contribution is -1.96. The first-order valence-electron chi connectivity index (χ1n) is 6.24. The average molecular weight is 241 g/mol. The lowest BCUT2D eigenvalue weighted by atomic mass is 10.1. The molecule has 0 aliphatic rings. The van der Waals surface area contributed by atoms with Crippen LogP contribution in [0.25, 0.3) is 0 Å². The molecule has 0 saturated heterocycles. The van der Waals surface area contributed by atoms with Gasteiger partial charge in [0.1, 0.15) is 0 Å². The Hall–Kier alpha value is -0.630. The molecule has 0 radical (unpaired) electrons. The number of nitrogens with zero attached hydrogens (tertiary/aromatic N) is 2. The molecule has 0 aliphatic heterocycles. The number of hydrogen-bond acceptors (Lipinski definition) is 2. The highest BCUT2D eigenvalue weighted by Gasteiger charge is 1.97. The summed E-state index contributed by atoms with van der Waals surface area (Å²) >= 11 is 5.65. The van der Waals surface area contributed by atoms with E-state index in [4.69, 9.17) is 11.6 Å². The van der Waals surface area contributed by atoms with Crippen LogP contribution < -0.4 is 0 Å². The Bertz CT molecular complexity index is 272. The number of alkyl halides is 1. The van der Waals surface area contributed by atoms with E-state index in [0.29, 0.717) is 5.88 Å². The van der Waals surface area contributed by atoms with Gasteiger partial charge in [0.2, 0.25) is 0 Å². The van der Waals surface area contributed by atoms with Gasteiger partial charge in [-0.1, -0.05) is 39.0 Å². The molecule has 3 heteroatoms. The van der Waals surface area contributed by atoms with E-state index in [1.165, 1.54) is 38.5 Å². The van der Waals surface area contributed by atoms with Gasteiger partial charge < -0.3 is 0 Å². The van der Waals surface area contributed by atoms with Crippen molar-refractivity contribution in [2.45, 2.75) is 57.7 Å². The van der Waals surface area contributed by atoms with Crippen molar-refractivity contribution in [2.24, 2.45) is 0 Å². The lowest BCUT2D eigenvalue weighted by molar-refractivity contribution is 0.602. The van der Waals surface area contributed by atoms with E-state index < -0.39 is 0 Å². The SMILES string of the molecule is CCCCCCCCc1ccc(CCl)nn1. The van der Waals surface area contributed by atoms with Crippen molar-refractivity contribution >= 4 is 11.6 Å². The van der Waals surface area contributed by atoms with E-state index in [1.54, 1.807) is 0 Å². The van der Waals surface area contributed by atoms with E-state index in [2.05, 4.69) is 17.1 Å². The Morgan fingerprint density at radius 2 is 1.56 bits per heavy atom. The number of unbranched alkanes of at least 4 members (excludes halogenated alkanes) is 5. The minimum Gasteiger partial charge on any atom is -0.155 e. The third-order valence-corrected chi connectivity index (χ3v) is 2.97. The van der Waals surface area contributed by atoms with Gasteiger partial charge >= 0.3 is 0 Å². The van der Waals surface area contributed by atoms with Crippen LogP contribution in [0, 0.1) is 0 Å². The number of aromatic nitrogens is 2. The normalized spacial score (nSPS) is 10.6. The van der Waals surface area contributed by atoms with Crippen LogP contribution in [0.5, 0.6) is 0 Å². The molecule has 1 aromatic rings. The fourth-order valence-corrected chi connectivity index (χ4v) is 1.82. The van der Waals surface area contributed by atoms with E-state index in [-0.39, 0.29) is 0 Å². The van der Waals surface area contributed by atoms with Gasteiger partial charge in [-0.05, 0) is 25.0 Å². The van der Waals surface area contributed by atoms with E-state index in [9.17, 15) is 0 Å². The fraction of sp³-hybridized carbons (Fsp3) is 0.692. The second kappa shape index (κ2) is 8.51. The fourth-order valence-electron chi connectivity index (χ4n) is 1.68. The minimum atomic E-state index is 0.449. The quantitative estimate of drug-likeness (QED) is 0.505. The summed E-state index contributed by atoms with van der Waals surface area (Å²) in [6, 6.07) is 4.00. The summed E-state index contributed by atoms with van der Waals surface area (Å²) in [7, 11) is 0. The molecule has 0 aliphatic carbocycles. The summed E-state index contributed by atoms with van der Waals surface area (Å²) in [6.45, 7) is 2.24. The van der Waals surface area contributed by atoms with Gasteiger partial charge in [0.15, 0.2) is 0 Å². The molecule has 16 heavy (non-hydrogen) atoms. The van der Waals surface area contributed by atoms with Crippen molar-refractivity contribution in [3.05, 3.63) is 23.5 Å².